The topological polar surface area (TPSA) is 70.7 Å². The molecule has 1 fully saturated rings. The fourth-order valence-electron chi connectivity index (χ4n) is 4.16. The van der Waals surface area contributed by atoms with E-state index in [-0.39, 0.29) is 17.9 Å². The van der Waals surface area contributed by atoms with E-state index in [1.165, 1.54) is 11.6 Å². The molecule has 0 spiro atoms. The molecule has 31 heavy (non-hydrogen) atoms. The summed E-state index contributed by atoms with van der Waals surface area (Å²) in [5.74, 6) is 0.887. The number of benzene rings is 2. The third-order valence-electron chi connectivity index (χ3n) is 5.86. The molecule has 164 valence electrons. The number of likely N-dealkylation sites (tertiary alicyclic amines) is 1. The van der Waals surface area contributed by atoms with Crippen molar-refractivity contribution in [3.63, 3.8) is 0 Å². The Morgan fingerprint density at radius 1 is 1.13 bits per heavy atom. The zero-order chi connectivity index (χ0) is 22.2. The van der Waals surface area contributed by atoms with Crippen LogP contribution >= 0.6 is 0 Å². The highest BCUT2D eigenvalue weighted by Crippen LogP contribution is 2.35. The van der Waals surface area contributed by atoms with Crippen molar-refractivity contribution in [2.45, 2.75) is 25.4 Å². The lowest BCUT2D eigenvalue weighted by atomic mass is 9.85. The van der Waals surface area contributed by atoms with Gasteiger partial charge in [0, 0.05) is 24.7 Å². The summed E-state index contributed by atoms with van der Waals surface area (Å²) in [6, 6.07) is 15.8. The monoisotopic (exact) mass is 421 g/mol. The number of ether oxygens (including phenoxy) is 1. The normalized spacial score (nSPS) is 18.8. The second-order valence-corrected chi connectivity index (χ2v) is 7.93. The highest BCUT2D eigenvalue weighted by Gasteiger charge is 2.30. The van der Waals surface area contributed by atoms with E-state index in [1.54, 1.807) is 19.2 Å². The number of hydrogen-bond acceptors (Lipinski definition) is 4. The average molecular weight is 422 g/mol. The predicted molar refractivity (Wildman–Crippen MR) is 122 cm³/mol. The molecular formula is C25H31N3O3. The SMILES string of the molecule is C=CC(=O)NCc1ccc(C(=O)NC[C@@H]2CCCN(C)[C@@H]2c2ccc(OC)cc2)cc1. The summed E-state index contributed by atoms with van der Waals surface area (Å²) in [5, 5.41) is 5.84. The molecule has 0 unspecified atom stereocenters. The molecule has 2 aromatic rings. The molecular weight excluding hydrogens is 390 g/mol. The van der Waals surface area contributed by atoms with Crippen molar-refractivity contribution in [3.05, 3.63) is 77.9 Å². The number of nitrogens with one attached hydrogen (secondary N) is 2. The molecule has 0 aliphatic carbocycles. The van der Waals surface area contributed by atoms with E-state index in [0.29, 0.717) is 24.6 Å². The lowest BCUT2D eigenvalue weighted by Gasteiger charge is -2.39. The minimum absolute atomic E-state index is 0.0802. The highest BCUT2D eigenvalue weighted by molar-refractivity contribution is 5.94. The number of amides is 2. The molecule has 2 aromatic carbocycles. The van der Waals surface area contributed by atoms with Crippen molar-refractivity contribution >= 4 is 11.8 Å². The molecule has 1 heterocycles. The van der Waals surface area contributed by atoms with E-state index in [2.05, 4.69) is 41.3 Å². The Bertz CT molecular complexity index is 893. The van der Waals surface area contributed by atoms with Gasteiger partial charge in [-0.2, -0.15) is 0 Å². The maximum absolute atomic E-state index is 12.7. The van der Waals surface area contributed by atoms with E-state index in [1.807, 2.05) is 24.3 Å². The number of methoxy groups -OCH3 is 1. The third kappa shape index (κ3) is 5.95. The number of carbonyl (C=O) groups excluding carboxylic acids is 2. The fraction of sp³-hybridized carbons (Fsp3) is 0.360. The van der Waals surface area contributed by atoms with Crippen LogP contribution in [0.15, 0.2) is 61.2 Å². The van der Waals surface area contributed by atoms with Crippen LogP contribution in [0.2, 0.25) is 0 Å². The van der Waals surface area contributed by atoms with Gasteiger partial charge in [-0.15, -0.1) is 0 Å². The van der Waals surface area contributed by atoms with Crippen molar-refractivity contribution in [1.82, 2.24) is 15.5 Å². The van der Waals surface area contributed by atoms with Crippen LogP contribution in [0.5, 0.6) is 5.75 Å². The first-order chi connectivity index (χ1) is 15.0. The predicted octanol–water partition coefficient (Wildman–Crippen LogP) is 3.31. The van der Waals surface area contributed by atoms with Crippen LogP contribution in [0.1, 0.15) is 40.4 Å². The minimum Gasteiger partial charge on any atom is -0.497 e. The summed E-state index contributed by atoms with van der Waals surface area (Å²) in [6.45, 7) is 5.51. The Labute approximate surface area is 184 Å². The van der Waals surface area contributed by atoms with Gasteiger partial charge in [-0.05, 0) is 73.8 Å². The van der Waals surface area contributed by atoms with Crippen molar-refractivity contribution in [1.29, 1.82) is 0 Å². The number of nitrogens with zero attached hydrogens (tertiary/aromatic N) is 1. The molecule has 0 radical (unpaired) electrons. The summed E-state index contributed by atoms with van der Waals surface area (Å²) in [6.07, 6.45) is 3.43. The standard InChI is InChI=1S/C25H31N3O3/c1-4-23(29)26-16-18-7-9-20(10-8-18)25(30)27-17-21-6-5-15-28(2)24(21)19-11-13-22(31-3)14-12-19/h4,7-14,21,24H,1,5-6,15-17H2,2-3H3,(H,26,29)(H,27,30)/t21-,24+/m0/s1. The van der Waals surface area contributed by atoms with E-state index >= 15 is 0 Å². The summed E-state index contributed by atoms with van der Waals surface area (Å²) in [5.41, 5.74) is 2.79. The quantitative estimate of drug-likeness (QED) is 0.642. The zero-order valence-electron chi connectivity index (χ0n) is 18.3. The van der Waals surface area contributed by atoms with Crippen molar-refractivity contribution < 1.29 is 14.3 Å². The van der Waals surface area contributed by atoms with Crippen LogP contribution in [0.25, 0.3) is 0 Å². The summed E-state index contributed by atoms with van der Waals surface area (Å²) >= 11 is 0. The summed E-state index contributed by atoms with van der Waals surface area (Å²) in [4.78, 5) is 26.3. The van der Waals surface area contributed by atoms with Gasteiger partial charge in [-0.25, -0.2) is 0 Å². The van der Waals surface area contributed by atoms with Crippen LogP contribution in [0.3, 0.4) is 0 Å². The lowest BCUT2D eigenvalue weighted by molar-refractivity contribution is -0.116. The minimum atomic E-state index is -0.217. The highest BCUT2D eigenvalue weighted by atomic mass is 16.5. The van der Waals surface area contributed by atoms with Crippen molar-refractivity contribution in [2.75, 3.05) is 27.2 Å². The van der Waals surface area contributed by atoms with E-state index < -0.39 is 0 Å². The Balaban J connectivity index is 1.60. The molecule has 3 rings (SSSR count). The molecule has 0 saturated carbocycles. The van der Waals surface area contributed by atoms with Gasteiger partial charge in [-0.1, -0.05) is 30.8 Å². The zero-order valence-corrected chi connectivity index (χ0v) is 18.3. The molecule has 1 aliphatic rings. The van der Waals surface area contributed by atoms with Crippen LogP contribution in [0.4, 0.5) is 0 Å². The van der Waals surface area contributed by atoms with Gasteiger partial charge in [0.05, 0.1) is 7.11 Å². The van der Waals surface area contributed by atoms with Gasteiger partial charge in [0.15, 0.2) is 0 Å². The second kappa shape index (κ2) is 10.8. The second-order valence-electron chi connectivity index (χ2n) is 7.93. The molecule has 1 saturated heterocycles. The van der Waals surface area contributed by atoms with E-state index in [9.17, 15) is 9.59 Å². The van der Waals surface area contributed by atoms with Crippen LogP contribution in [-0.2, 0) is 11.3 Å². The lowest BCUT2D eigenvalue weighted by Crippen LogP contribution is -2.41. The molecule has 0 aromatic heterocycles. The number of piperidine rings is 1. The fourth-order valence-corrected chi connectivity index (χ4v) is 4.16. The first-order valence-electron chi connectivity index (χ1n) is 10.6. The average Bonchev–Trinajstić information content (AvgIpc) is 2.81. The number of carbonyl (C=O) groups is 2. The first-order valence-corrected chi connectivity index (χ1v) is 10.6. The Morgan fingerprint density at radius 2 is 1.84 bits per heavy atom. The molecule has 0 bridgehead atoms. The summed E-state index contributed by atoms with van der Waals surface area (Å²) < 4.78 is 5.28. The van der Waals surface area contributed by atoms with Gasteiger partial charge in [0.2, 0.25) is 5.91 Å². The maximum atomic E-state index is 12.7. The van der Waals surface area contributed by atoms with Gasteiger partial charge in [0.1, 0.15) is 5.75 Å². The first kappa shape index (κ1) is 22.6. The largest absolute Gasteiger partial charge is 0.497 e. The molecule has 6 heteroatoms. The van der Waals surface area contributed by atoms with Crippen molar-refractivity contribution in [3.8, 4) is 5.75 Å². The molecule has 2 atom stereocenters. The van der Waals surface area contributed by atoms with Gasteiger partial charge in [-0.3, -0.25) is 14.5 Å². The Hall–Kier alpha value is -3.12. The van der Waals surface area contributed by atoms with E-state index in [0.717, 1.165) is 30.7 Å². The Morgan fingerprint density at radius 3 is 2.48 bits per heavy atom. The summed E-state index contributed by atoms with van der Waals surface area (Å²) in [7, 11) is 3.82. The van der Waals surface area contributed by atoms with Gasteiger partial charge >= 0.3 is 0 Å². The Kier molecular flexibility index (Phi) is 7.84. The van der Waals surface area contributed by atoms with Gasteiger partial charge in [0.25, 0.3) is 5.91 Å². The van der Waals surface area contributed by atoms with Gasteiger partial charge < -0.3 is 15.4 Å². The number of rotatable bonds is 8. The van der Waals surface area contributed by atoms with Crippen molar-refractivity contribution in [2.24, 2.45) is 5.92 Å². The molecule has 2 N–H and O–H groups in total. The molecule has 6 nitrogen and oxygen atoms in total. The molecule has 1 aliphatic heterocycles. The molecule has 2 amide bonds. The van der Waals surface area contributed by atoms with Crippen LogP contribution < -0.4 is 15.4 Å². The number of hydrogen-bond donors (Lipinski definition) is 2. The smallest absolute Gasteiger partial charge is 0.251 e. The maximum Gasteiger partial charge on any atom is 0.251 e. The van der Waals surface area contributed by atoms with Crippen LogP contribution in [-0.4, -0.2) is 44.0 Å². The van der Waals surface area contributed by atoms with Crippen LogP contribution in [0, 0.1) is 5.92 Å². The van der Waals surface area contributed by atoms with E-state index in [4.69, 9.17) is 4.74 Å². The third-order valence-corrected chi connectivity index (χ3v) is 5.86.